The maximum atomic E-state index is 11.5. The van der Waals surface area contributed by atoms with Gasteiger partial charge in [0.05, 0.1) is 6.61 Å². The van der Waals surface area contributed by atoms with Gasteiger partial charge in [-0.25, -0.2) is 4.79 Å². The normalized spacial score (nSPS) is 13.8. The number of nitrogens with zero attached hydrogens (tertiary/aromatic N) is 2. The Labute approximate surface area is 129 Å². The van der Waals surface area contributed by atoms with Crippen molar-refractivity contribution in [1.29, 1.82) is 0 Å². The summed E-state index contributed by atoms with van der Waals surface area (Å²) in [4.78, 5) is 11.5. The number of carbonyl (C=O) groups is 1. The fourth-order valence-electron chi connectivity index (χ4n) is 2.86. The Morgan fingerprint density at radius 3 is 2.73 bits per heavy atom. The molecule has 1 aliphatic rings. The largest absolute Gasteiger partial charge is 0.493 e. The zero-order chi connectivity index (χ0) is 16.1. The van der Waals surface area contributed by atoms with E-state index in [4.69, 9.17) is 4.74 Å². The summed E-state index contributed by atoms with van der Waals surface area (Å²) in [6.07, 6.45) is 0.546. The monoisotopic (exact) mass is 300 g/mol. The summed E-state index contributed by atoms with van der Waals surface area (Å²) in [5.41, 5.74) is 3.77. The summed E-state index contributed by atoms with van der Waals surface area (Å²) in [6.45, 7) is 6.90. The number of ether oxygens (including phenoxy) is 1. The molecule has 0 fully saturated rings. The van der Waals surface area contributed by atoms with E-state index < -0.39 is 5.97 Å². The molecule has 5 nitrogen and oxygen atoms in total. The molecule has 0 unspecified atom stereocenters. The van der Waals surface area contributed by atoms with Crippen LogP contribution in [0.4, 0.5) is 0 Å². The Kier molecular flexibility index (Phi) is 3.24. The Balaban J connectivity index is 2.26. The van der Waals surface area contributed by atoms with Gasteiger partial charge in [-0.1, -0.05) is 26.8 Å². The molecule has 0 bridgehead atoms. The van der Waals surface area contributed by atoms with Gasteiger partial charge >= 0.3 is 5.97 Å². The van der Waals surface area contributed by atoms with E-state index in [0.29, 0.717) is 13.0 Å². The summed E-state index contributed by atoms with van der Waals surface area (Å²) in [5.74, 6) is -0.187. The lowest BCUT2D eigenvalue weighted by atomic mass is 9.85. The zero-order valence-electron chi connectivity index (χ0n) is 13.3. The lowest BCUT2D eigenvalue weighted by Gasteiger charge is -2.20. The van der Waals surface area contributed by atoms with Crippen molar-refractivity contribution in [2.24, 2.45) is 7.05 Å². The molecule has 0 aliphatic carbocycles. The van der Waals surface area contributed by atoms with Gasteiger partial charge in [-0.3, -0.25) is 4.68 Å². The van der Waals surface area contributed by atoms with Crippen molar-refractivity contribution in [3.05, 3.63) is 35.0 Å². The first kappa shape index (κ1) is 14.6. The first-order valence-electron chi connectivity index (χ1n) is 7.36. The standard InChI is InChI=1S/C17H20N2O3/c1-17(2,3)10-5-6-13-12(9-10)14-11(7-8-22-13)15(16(20)21)19(4)18-14/h5-6,9H,7-8H2,1-4H3,(H,20,21). The fraction of sp³-hybridized carbons (Fsp3) is 0.412. The number of fused-ring (bicyclic) bond motifs is 3. The highest BCUT2D eigenvalue weighted by molar-refractivity contribution is 5.90. The molecule has 22 heavy (non-hydrogen) atoms. The number of hydrogen-bond acceptors (Lipinski definition) is 3. The SMILES string of the molecule is Cn1nc2c(c1C(=O)O)CCOc1ccc(C(C)(C)C)cc1-2. The quantitative estimate of drug-likeness (QED) is 0.879. The van der Waals surface area contributed by atoms with Crippen molar-refractivity contribution < 1.29 is 14.6 Å². The van der Waals surface area contributed by atoms with Crippen LogP contribution in [0.25, 0.3) is 11.3 Å². The van der Waals surface area contributed by atoms with Gasteiger partial charge in [0, 0.05) is 24.6 Å². The van der Waals surface area contributed by atoms with Crippen LogP contribution in [0.3, 0.4) is 0 Å². The van der Waals surface area contributed by atoms with Gasteiger partial charge in [0.1, 0.15) is 17.1 Å². The fourth-order valence-corrected chi connectivity index (χ4v) is 2.86. The van der Waals surface area contributed by atoms with Crippen LogP contribution in [0.5, 0.6) is 5.75 Å². The molecule has 0 saturated carbocycles. The van der Waals surface area contributed by atoms with Crippen molar-refractivity contribution in [2.45, 2.75) is 32.6 Å². The molecule has 1 aliphatic heterocycles. The number of aromatic nitrogens is 2. The minimum atomic E-state index is -0.952. The van der Waals surface area contributed by atoms with Crippen molar-refractivity contribution in [2.75, 3.05) is 6.61 Å². The van der Waals surface area contributed by atoms with Crippen LogP contribution in [0.2, 0.25) is 0 Å². The maximum Gasteiger partial charge on any atom is 0.354 e. The molecule has 0 radical (unpaired) electrons. The van der Waals surface area contributed by atoms with Crippen molar-refractivity contribution in [3.8, 4) is 17.0 Å². The number of rotatable bonds is 1. The highest BCUT2D eigenvalue weighted by Crippen LogP contribution is 2.38. The number of aryl methyl sites for hydroxylation is 1. The van der Waals surface area contributed by atoms with E-state index in [1.54, 1.807) is 7.05 Å². The molecule has 116 valence electrons. The van der Waals surface area contributed by atoms with E-state index in [9.17, 15) is 9.90 Å². The average Bonchev–Trinajstić information content (AvgIpc) is 2.64. The lowest BCUT2D eigenvalue weighted by molar-refractivity contribution is 0.0683. The van der Waals surface area contributed by atoms with Crippen LogP contribution < -0.4 is 4.74 Å². The minimum Gasteiger partial charge on any atom is -0.493 e. The van der Waals surface area contributed by atoms with E-state index in [1.165, 1.54) is 10.2 Å². The van der Waals surface area contributed by atoms with Gasteiger partial charge in [0.25, 0.3) is 0 Å². The molecule has 3 rings (SSSR count). The molecule has 1 aromatic heterocycles. The van der Waals surface area contributed by atoms with E-state index in [-0.39, 0.29) is 11.1 Å². The van der Waals surface area contributed by atoms with Crippen LogP contribution in [0.1, 0.15) is 42.4 Å². The summed E-state index contributed by atoms with van der Waals surface area (Å²) in [6, 6.07) is 6.09. The lowest BCUT2D eigenvalue weighted by Crippen LogP contribution is -2.11. The Morgan fingerprint density at radius 2 is 2.09 bits per heavy atom. The van der Waals surface area contributed by atoms with E-state index in [0.717, 1.165) is 22.6 Å². The van der Waals surface area contributed by atoms with Crippen LogP contribution in [-0.4, -0.2) is 27.5 Å². The second-order valence-corrected chi connectivity index (χ2v) is 6.66. The summed E-state index contributed by atoms with van der Waals surface area (Å²) >= 11 is 0. The van der Waals surface area contributed by atoms with Crippen molar-refractivity contribution >= 4 is 5.97 Å². The molecule has 0 amide bonds. The van der Waals surface area contributed by atoms with Gasteiger partial charge in [0.2, 0.25) is 0 Å². The average molecular weight is 300 g/mol. The second kappa shape index (κ2) is 4.87. The van der Waals surface area contributed by atoms with E-state index in [2.05, 4.69) is 38.0 Å². The zero-order valence-corrected chi connectivity index (χ0v) is 13.3. The molecule has 2 heterocycles. The second-order valence-electron chi connectivity index (χ2n) is 6.66. The molecule has 1 aromatic carbocycles. The highest BCUT2D eigenvalue weighted by Gasteiger charge is 2.27. The first-order valence-corrected chi connectivity index (χ1v) is 7.36. The smallest absolute Gasteiger partial charge is 0.354 e. The number of aromatic carboxylic acids is 1. The molecule has 2 aromatic rings. The van der Waals surface area contributed by atoms with Crippen LogP contribution in [-0.2, 0) is 18.9 Å². The summed E-state index contributed by atoms with van der Waals surface area (Å²) < 4.78 is 7.24. The first-order chi connectivity index (χ1) is 10.3. The number of benzene rings is 1. The van der Waals surface area contributed by atoms with Gasteiger partial charge in [-0.2, -0.15) is 5.10 Å². The Hall–Kier alpha value is -2.30. The number of hydrogen-bond donors (Lipinski definition) is 1. The van der Waals surface area contributed by atoms with Crippen molar-refractivity contribution in [1.82, 2.24) is 9.78 Å². The summed E-state index contributed by atoms with van der Waals surface area (Å²) in [5, 5.41) is 13.9. The third-order valence-corrected chi connectivity index (χ3v) is 4.06. The number of carboxylic acid groups (broad SMARTS) is 1. The van der Waals surface area contributed by atoms with Gasteiger partial charge in [0.15, 0.2) is 0 Å². The van der Waals surface area contributed by atoms with Crippen LogP contribution in [0, 0.1) is 0 Å². The summed E-state index contributed by atoms with van der Waals surface area (Å²) in [7, 11) is 1.67. The van der Waals surface area contributed by atoms with Crippen LogP contribution in [0.15, 0.2) is 18.2 Å². The molecular formula is C17H20N2O3. The molecule has 0 atom stereocenters. The predicted octanol–water partition coefficient (Wildman–Crippen LogP) is 3.02. The third-order valence-electron chi connectivity index (χ3n) is 4.06. The molecule has 5 heteroatoms. The van der Waals surface area contributed by atoms with E-state index >= 15 is 0 Å². The van der Waals surface area contributed by atoms with E-state index in [1.807, 2.05) is 6.07 Å². The highest BCUT2D eigenvalue weighted by atomic mass is 16.5. The minimum absolute atomic E-state index is 0.00586. The van der Waals surface area contributed by atoms with Gasteiger partial charge in [-0.15, -0.1) is 0 Å². The third kappa shape index (κ3) is 2.26. The Morgan fingerprint density at radius 1 is 1.36 bits per heavy atom. The molecule has 1 N–H and O–H groups in total. The molecular weight excluding hydrogens is 280 g/mol. The van der Waals surface area contributed by atoms with Crippen LogP contribution >= 0.6 is 0 Å². The number of carboxylic acids is 1. The Bertz CT molecular complexity index is 754. The topological polar surface area (TPSA) is 64.4 Å². The predicted molar refractivity (Wildman–Crippen MR) is 83.5 cm³/mol. The molecule has 0 saturated heterocycles. The van der Waals surface area contributed by atoms with Gasteiger partial charge in [-0.05, 0) is 23.1 Å². The van der Waals surface area contributed by atoms with Gasteiger partial charge < -0.3 is 9.84 Å². The molecule has 0 spiro atoms. The van der Waals surface area contributed by atoms with Crippen molar-refractivity contribution in [3.63, 3.8) is 0 Å². The maximum absolute atomic E-state index is 11.5.